The number of nitro groups is 1. The predicted octanol–water partition coefficient (Wildman–Crippen LogP) is 6.56. The van der Waals surface area contributed by atoms with Crippen LogP contribution in [0.2, 0.25) is 0 Å². The first-order valence-electron chi connectivity index (χ1n) is 18.5. The molecule has 3 atom stereocenters. The van der Waals surface area contributed by atoms with E-state index < -0.39 is 6.29 Å². The summed E-state index contributed by atoms with van der Waals surface area (Å²) < 4.78 is 13.2. The average molecular weight is 737 g/mol. The maximum Gasteiger partial charge on any atom is 0.269 e. The molecule has 2 aliphatic heterocycles. The second-order valence-electron chi connectivity index (χ2n) is 13.8. The van der Waals surface area contributed by atoms with E-state index in [1.165, 1.54) is 0 Å². The molecule has 4 aromatic carbocycles. The van der Waals surface area contributed by atoms with E-state index in [9.17, 15) is 24.8 Å². The van der Waals surface area contributed by atoms with Gasteiger partial charge in [-0.25, -0.2) is 0 Å². The zero-order chi connectivity index (χ0) is 37.9. The first-order valence-corrected chi connectivity index (χ1v) is 18.5. The van der Waals surface area contributed by atoms with E-state index in [1.807, 2.05) is 60.7 Å². The topological polar surface area (TPSA) is 173 Å². The van der Waals surface area contributed by atoms with Crippen molar-refractivity contribution in [2.75, 3.05) is 54.0 Å². The number of hydrogen-bond donors (Lipinski definition) is 4. The number of non-ortho nitro benzene ring substituents is 1. The van der Waals surface area contributed by atoms with Gasteiger partial charge in [0.2, 0.25) is 11.8 Å². The van der Waals surface area contributed by atoms with Crippen molar-refractivity contribution in [3.8, 4) is 0 Å². The molecule has 13 heteroatoms. The van der Waals surface area contributed by atoms with Crippen LogP contribution in [0.4, 0.5) is 28.4 Å². The number of unbranched alkanes of at least 4 members (excludes halogenated alkanes) is 2. The fraction of sp³-hybridized carbons (Fsp3) is 0.366. The van der Waals surface area contributed by atoms with Crippen LogP contribution in [0.15, 0.2) is 97.1 Å². The van der Waals surface area contributed by atoms with E-state index in [0.29, 0.717) is 55.7 Å². The van der Waals surface area contributed by atoms with Crippen molar-refractivity contribution < 1.29 is 29.1 Å². The lowest BCUT2D eigenvalue weighted by Crippen LogP contribution is -2.49. The first kappa shape index (κ1) is 38.4. The smallest absolute Gasteiger partial charge is 0.269 e. The maximum atomic E-state index is 12.9. The number of nitrogens with zero attached hydrogens (tertiary/aromatic N) is 3. The summed E-state index contributed by atoms with van der Waals surface area (Å²) in [5.74, 6) is -0.207. The molecule has 284 valence electrons. The molecule has 0 unspecified atom stereocenters. The summed E-state index contributed by atoms with van der Waals surface area (Å²) in [6, 6.07) is 29.2. The molecular formula is C41H48N6O7. The van der Waals surface area contributed by atoms with Crippen LogP contribution >= 0.6 is 0 Å². The number of aliphatic hydroxyl groups is 1. The van der Waals surface area contributed by atoms with Crippen molar-refractivity contribution in [3.05, 3.63) is 124 Å². The summed E-state index contributed by atoms with van der Waals surface area (Å²) in [6.07, 6.45) is 2.35. The molecule has 0 bridgehead atoms. The minimum atomic E-state index is -0.665. The van der Waals surface area contributed by atoms with Gasteiger partial charge in [-0.1, -0.05) is 55.0 Å². The van der Waals surface area contributed by atoms with Crippen molar-refractivity contribution in [1.82, 2.24) is 4.90 Å². The number of para-hydroxylation sites is 2. The number of benzene rings is 4. The van der Waals surface area contributed by atoms with Crippen LogP contribution in [0.3, 0.4) is 0 Å². The maximum absolute atomic E-state index is 12.9. The highest BCUT2D eigenvalue weighted by molar-refractivity contribution is 5.93. The highest BCUT2D eigenvalue weighted by Crippen LogP contribution is 2.39. The van der Waals surface area contributed by atoms with Gasteiger partial charge in [-0.15, -0.1) is 0 Å². The van der Waals surface area contributed by atoms with Gasteiger partial charge >= 0.3 is 0 Å². The Hall–Kier alpha value is -5.34. The Bertz CT molecular complexity index is 1860. The Balaban J connectivity index is 1.02. The van der Waals surface area contributed by atoms with Crippen LogP contribution in [-0.2, 0) is 25.7 Å². The number of nitrogens with one attached hydrogen (secondary N) is 2. The van der Waals surface area contributed by atoms with Gasteiger partial charge in [-0.05, 0) is 60.4 Å². The molecule has 0 radical (unpaired) electrons. The molecule has 2 aliphatic rings. The number of amides is 2. The van der Waals surface area contributed by atoms with Gasteiger partial charge in [0.25, 0.3) is 5.69 Å². The number of carbonyl (C=O) groups excluding carboxylic acids is 2. The molecule has 2 heterocycles. The monoisotopic (exact) mass is 736 g/mol. The van der Waals surface area contributed by atoms with E-state index in [0.717, 1.165) is 55.0 Å². The van der Waals surface area contributed by atoms with Gasteiger partial charge in [0.1, 0.15) is 0 Å². The number of aliphatic hydroxyl groups excluding tert-OH is 1. The zero-order valence-electron chi connectivity index (χ0n) is 30.3. The number of nitrogens with two attached hydrogens (primary N) is 1. The average Bonchev–Trinajstić information content (AvgIpc) is 3.19. The Morgan fingerprint density at radius 3 is 2.20 bits per heavy atom. The molecule has 54 heavy (non-hydrogen) atoms. The lowest BCUT2D eigenvalue weighted by molar-refractivity contribution is -0.384. The van der Waals surface area contributed by atoms with E-state index in [2.05, 4.69) is 20.4 Å². The second-order valence-corrected chi connectivity index (χ2v) is 13.8. The summed E-state index contributed by atoms with van der Waals surface area (Å²) in [7, 11) is 0. The minimum Gasteiger partial charge on any atom is -0.397 e. The molecule has 2 fully saturated rings. The van der Waals surface area contributed by atoms with Crippen LogP contribution < -0.4 is 21.3 Å². The number of piperazine rings is 1. The summed E-state index contributed by atoms with van der Waals surface area (Å²) in [4.78, 5) is 40.5. The van der Waals surface area contributed by atoms with Crippen molar-refractivity contribution in [1.29, 1.82) is 0 Å². The van der Waals surface area contributed by atoms with Gasteiger partial charge in [-0.3, -0.25) is 24.6 Å². The highest BCUT2D eigenvalue weighted by atomic mass is 16.7. The lowest BCUT2D eigenvalue weighted by atomic mass is 9.99. The van der Waals surface area contributed by atoms with Crippen molar-refractivity contribution in [2.24, 2.45) is 0 Å². The molecular weight excluding hydrogens is 688 g/mol. The Kier molecular flexibility index (Phi) is 13.2. The molecule has 0 saturated carbocycles. The Labute approximate surface area is 315 Å². The summed E-state index contributed by atoms with van der Waals surface area (Å²) in [5.41, 5.74) is 11.4. The van der Waals surface area contributed by atoms with Gasteiger partial charge in [0.05, 0.1) is 35.1 Å². The second kappa shape index (κ2) is 18.6. The number of anilines is 4. The van der Waals surface area contributed by atoms with E-state index in [1.54, 1.807) is 36.4 Å². The van der Waals surface area contributed by atoms with Gasteiger partial charge < -0.3 is 35.8 Å². The third kappa shape index (κ3) is 10.6. The fourth-order valence-electron chi connectivity index (χ4n) is 6.85. The fourth-order valence-corrected chi connectivity index (χ4v) is 6.85. The van der Waals surface area contributed by atoms with Crippen LogP contribution in [0.5, 0.6) is 0 Å². The van der Waals surface area contributed by atoms with Crippen LogP contribution in [-0.4, -0.2) is 65.6 Å². The Morgan fingerprint density at radius 2 is 1.52 bits per heavy atom. The normalized spacial score (nSPS) is 18.9. The molecule has 5 N–H and O–H groups in total. The number of nitro benzene ring substituents is 1. The summed E-state index contributed by atoms with van der Waals surface area (Å²) in [6.45, 7) is 3.88. The number of rotatable bonds is 15. The van der Waals surface area contributed by atoms with Crippen LogP contribution in [0.1, 0.15) is 67.6 Å². The SMILES string of the molecule is Nc1ccccc1NC(=O)CCCCCC(=O)Nc1cccc([C@H]2O[C@@H](CN3CCN(c4ccc([N+](=O)[O-])cc4)CC3)C[C@@H](c3ccc(CO)cc3)O2)c1. The van der Waals surface area contributed by atoms with Crippen molar-refractivity contribution in [2.45, 2.75) is 63.6 Å². The van der Waals surface area contributed by atoms with Crippen molar-refractivity contribution in [3.63, 3.8) is 0 Å². The van der Waals surface area contributed by atoms with Crippen LogP contribution in [0.25, 0.3) is 0 Å². The quantitative estimate of drug-likeness (QED) is 0.0453. The van der Waals surface area contributed by atoms with E-state index >= 15 is 0 Å². The summed E-state index contributed by atoms with van der Waals surface area (Å²) >= 11 is 0. The van der Waals surface area contributed by atoms with Crippen molar-refractivity contribution >= 4 is 40.3 Å². The Morgan fingerprint density at radius 1 is 0.815 bits per heavy atom. The molecule has 4 aromatic rings. The first-order chi connectivity index (χ1) is 26.2. The molecule has 0 aliphatic carbocycles. The molecule has 2 saturated heterocycles. The highest BCUT2D eigenvalue weighted by Gasteiger charge is 2.34. The third-order valence-electron chi connectivity index (χ3n) is 9.86. The largest absolute Gasteiger partial charge is 0.397 e. The van der Waals surface area contributed by atoms with Gasteiger partial charge in [-0.2, -0.15) is 0 Å². The van der Waals surface area contributed by atoms with Crippen LogP contribution in [0, 0.1) is 10.1 Å². The number of nitrogen functional groups attached to an aromatic ring is 1. The number of carbonyl (C=O) groups is 2. The molecule has 2 amide bonds. The third-order valence-corrected chi connectivity index (χ3v) is 9.86. The van der Waals surface area contributed by atoms with E-state index in [-0.39, 0.29) is 41.2 Å². The summed E-state index contributed by atoms with van der Waals surface area (Å²) in [5, 5.41) is 26.5. The number of ether oxygens (including phenoxy) is 2. The van der Waals surface area contributed by atoms with Gasteiger partial charge in [0.15, 0.2) is 6.29 Å². The standard InChI is InChI=1S/C41H48N6O7/c42-36-9-4-5-10-37(36)44-40(50)12-3-1-2-11-39(49)43-32-8-6-7-31(25-32)41-53-35(26-38(54-41)30-15-13-29(28-48)14-16-30)27-45-21-23-46(24-22-45)33-17-19-34(20-18-33)47(51)52/h4-10,13-20,25,35,38,41,48H,1-3,11-12,21-24,26-28,42H2,(H,43,49)(H,44,50)/t35-,38+,41+/m1/s1. The molecule has 6 rings (SSSR count). The number of hydrogen-bond acceptors (Lipinski definition) is 10. The van der Waals surface area contributed by atoms with Gasteiger partial charge in [0, 0.05) is 81.1 Å². The minimum absolute atomic E-state index is 0.0353. The molecule has 13 nitrogen and oxygen atoms in total. The van der Waals surface area contributed by atoms with E-state index in [4.69, 9.17) is 15.2 Å². The molecule has 0 aromatic heterocycles. The zero-order valence-corrected chi connectivity index (χ0v) is 30.3. The lowest BCUT2D eigenvalue weighted by Gasteiger charge is -2.41. The predicted molar refractivity (Wildman–Crippen MR) is 208 cm³/mol. The molecule has 0 spiro atoms.